The van der Waals surface area contributed by atoms with Crippen LogP contribution in [0.25, 0.3) is 0 Å². The Bertz CT molecular complexity index is 594. The number of halogens is 1. The van der Waals surface area contributed by atoms with E-state index >= 15 is 0 Å². The number of aliphatic hydroxyl groups excluding tert-OH is 1. The third kappa shape index (κ3) is 3.64. The highest BCUT2D eigenvalue weighted by molar-refractivity contribution is 5.75. The molecule has 3 rings (SSSR count). The SMILES string of the molecule is CC(O)C1CCCN(C(=O)NC2CCCOc3c(F)cccc32)C1. The number of benzene rings is 1. The molecule has 1 saturated heterocycles. The largest absolute Gasteiger partial charge is 0.490 e. The summed E-state index contributed by atoms with van der Waals surface area (Å²) in [5.41, 5.74) is 0.699. The summed E-state index contributed by atoms with van der Waals surface area (Å²) in [6.07, 6.45) is 2.89. The Hall–Kier alpha value is -1.82. The van der Waals surface area contributed by atoms with Crippen LogP contribution in [0.2, 0.25) is 0 Å². The Balaban J connectivity index is 1.71. The van der Waals surface area contributed by atoms with Gasteiger partial charge in [0.25, 0.3) is 0 Å². The topological polar surface area (TPSA) is 61.8 Å². The van der Waals surface area contributed by atoms with Gasteiger partial charge in [-0.05, 0) is 38.7 Å². The molecule has 0 radical (unpaired) electrons. The third-order valence-electron chi connectivity index (χ3n) is 4.98. The van der Waals surface area contributed by atoms with E-state index in [1.165, 1.54) is 6.07 Å². The van der Waals surface area contributed by atoms with Crippen molar-refractivity contribution in [3.05, 3.63) is 29.6 Å². The first-order valence-corrected chi connectivity index (χ1v) is 8.71. The number of likely N-dealkylation sites (tertiary alicyclic amines) is 1. The molecule has 6 heteroatoms. The molecule has 3 unspecified atom stereocenters. The number of carbonyl (C=O) groups is 1. The van der Waals surface area contributed by atoms with Crippen LogP contribution in [-0.4, -0.2) is 41.8 Å². The number of hydrogen-bond acceptors (Lipinski definition) is 3. The highest BCUT2D eigenvalue weighted by atomic mass is 19.1. The molecule has 3 atom stereocenters. The van der Waals surface area contributed by atoms with Gasteiger partial charge in [-0.25, -0.2) is 9.18 Å². The fraction of sp³-hybridized carbons (Fsp3) is 0.611. The van der Waals surface area contributed by atoms with Crippen LogP contribution in [0.5, 0.6) is 5.75 Å². The number of ether oxygens (including phenoxy) is 1. The van der Waals surface area contributed by atoms with Gasteiger partial charge in [-0.1, -0.05) is 12.1 Å². The molecular weight excluding hydrogens is 311 g/mol. The Morgan fingerprint density at radius 2 is 2.25 bits per heavy atom. The van der Waals surface area contributed by atoms with Crippen LogP contribution in [0.1, 0.15) is 44.2 Å². The molecule has 5 nitrogen and oxygen atoms in total. The Morgan fingerprint density at radius 3 is 3.04 bits per heavy atom. The van der Waals surface area contributed by atoms with E-state index in [0.29, 0.717) is 25.3 Å². The fourth-order valence-electron chi connectivity index (χ4n) is 3.55. The fourth-order valence-corrected chi connectivity index (χ4v) is 3.55. The summed E-state index contributed by atoms with van der Waals surface area (Å²) in [6.45, 7) is 3.47. The second-order valence-electron chi connectivity index (χ2n) is 6.74. The van der Waals surface area contributed by atoms with E-state index in [2.05, 4.69) is 5.32 Å². The highest BCUT2D eigenvalue weighted by Crippen LogP contribution is 2.33. The van der Waals surface area contributed by atoms with Gasteiger partial charge >= 0.3 is 6.03 Å². The van der Waals surface area contributed by atoms with Gasteiger partial charge in [0.15, 0.2) is 11.6 Å². The zero-order valence-electron chi connectivity index (χ0n) is 14.0. The maximum absolute atomic E-state index is 14.0. The van der Waals surface area contributed by atoms with E-state index in [1.807, 2.05) is 6.07 Å². The molecule has 0 bridgehead atoms. The minimum absolute atomic E-state index is 0.117. The lowest BCUT2D eigenvalue weighted by Crippen LogP contribution is -2.48. The first kappa shape index (κ1) is 17.0. The number of nitrogens with zero attached hydrogens (tertiary/aromatic N) is 1. The van der Waals surface area contributed by atoms with Crippen molar-refractivity contribution in [1.82, 2.24) is 10.2 Å². The number of hydrogen-bond donors (Lipinski definition) is 2. The third-order valence-corrected chi connectivity index (χ3v) is 4.98. The average Bonchev–Trinajstić information content (AvgIpc) is 2.78. The number of para-hydroxylation sites is 1. The molecule has 0 spiro atoms. The minimum atomic E-state index is -0.415. The summed E-state index contributed by atoms with van der Waals surface area (Å²) in [4.78, 5) is 14.4. The van der Waals surface area contributed by atoms with Crippen LogP contribution in [0, 0.1) is 11.7 Å². The van der Waals surface area contributed by atoms with E-state index in [9.17, 15) is 14.3 Å². The first-order chi connectivity index (χ1) is 11.6. The minimum Gasteiger partial charge on any atom is -0.490 e. The number of urea groups is 1. The van der Waals surface area contributed by atoms with E-state index in [1.54, 1.807) is 17.9 Å². The first-order valence-electron chi connectivity index (χ1n) is 8.71. The smallest absolute Gasteiger partial charge is 0.317 e. The van der Waals surface area contributed by atoms with E-state index in [0.717, 1.165) is 25.7 Å². The van der Waals surface area contributed by atoms with Crippen molar-refractivity contribution in [2.24, 2.45) is 5.92 Å². The predicted molar refractivity (Wildman–Crippen MR) is 88.4 cm³/mol. The summed E-state index contributed by atoms with van der Waals surface area (Å²) in [7, 11) is 0. The number of amides is 2. The molecule has 2 aliphatic rings. The zero-order chi connectivity index (χ0) is 17.1. The molecule has 132 valence electrons. The summed E-state index contributed by atoms with van der Waals surface area (Å²) in [5, 5.41) is 12.8. The summed E-state index contributed by atoms with van der Waals surface area (Å²) < 4.78 is 19.5. The molecule has 1 aromatic carbocycles. The maximum atomic E-state index is 14.0. The van der Waals surface area contributed by atoms with E-state index < -0.39 is 6.10 Å². The van der Waals surface area contributed by atoms with Gasteiger partial charge in [-0.3, -0.25) is 0 Å². The molecule has 1 aromatic rings. The molecule has 2 amide bonds. The number of nitrogens with one attached hydrogen (secondary N) is 1. The molecule has 2 heterocycles. The maximum Gasteiger partial charge on any atom is 0.317 e. The van der Waals surface area contributed by atoms with Crippen molar-refractivity contribution in [2.75, 3.05) is 19.7 Å². The Morgan fingerprint density at radius 1 is 1.42 bits per heavy atom. The number of fused-ring (bicyclic) bond motifs is 1. The van der Waals surface area contributed by atoms with Crippen LogP contribution >= 0.6 is 0 Å². The van der Waals surface area contributed by atoms with Gasteiger partial charge in [-0.15, -0.1) is 0 Å². The van der Waals surface area contributed by atoms with E-state index in [4.69, 9.17) is 4.74 Å². The lowest BCUT2D eigenvalue weighted by molar-refractivity contribution is 0.0732. The number of carbonyl (C=O) groups excluding carboxylic acids is 1. The van der Waals surface area contributed by atoms with Crippen LogP contribution in [-0.2, 0) is 0 Å². The molecule has 2 N–H and O–H groups in total. The van der Waals surface area contributed by atoms with Crippen LogP contribution in [0.3, 0.4) is 0 Å². The second kappa shape index (κ2) is 7.38. The van der Waals surface area contributed by atoms with E-state index in [-0.39, 0.29) is 29.6 Å². The molecule has 24 heavy (non-hydrogen) atoms. The number of rotatable bonds is 2. The lowest BCUT2D eigenvalue weighted by Gasteiger charge is -2.35. The van der Waals surface area contributed by atoms with Crippen molar-refractivity contribution < 1.29 is 19.0 Å². The van der Waals surface area contributed by atoms with Crippen molar-refractivity contribution in [1.29, 1.82) is 0 Å². The summed E-state index contributed by atoms with van der Waals surface area (Å²) >= 11 is 0. The molecule has 1 fully saturated rings. The molecule has 0 saturated carbocycles. The van der Waals surface area contributed by atoms with Crippen LogP contribution < -0.4 is 10.1 Å². The van der Waals surface area contributed by atoms with Crippen molar-refractivity contribution in [3.63, 3.8) is 0 Å². The van der Waals surface area contributed by atoms with Crippen LogP contribution in [0.4, 0.5) is 9.18 Å². The second-order valence-corrected chi connectivity index (χ2v) is 6.74. The van der Waals surface area contributed by atoms with Gasteiger partial charge in [0.2, 0.25) is 0 Å². The molecule has 0 aromatic heterocycles. The highest BCUT2D eigenvalue weighted by Gasteiger charge is 2.29. The average molecular weight is 336 g/mol. The number of aliphatic hydroxyl groups is 1. The Kier molecular flexibility index (Phi) is 5.23. The standard InChI is InChI=1S/C18H25FN2O3/c1-12(22)13-5-3-9-21(11-13)18(23)20-16-8-4-10-24-17-14(16)6-2-7-15(17)19/h2,6-7,12-13,16,22H,3-5,8-11H2,1H3,(H,20,23). The monoisotopic (exact) mass is 336 g/mol. The lowest BCUT2D eigenvalue weighted by atomic mass is 9.93. The zero-order valence-corrected chi connectivity index (χ0v) is 14.0. The van der Waals surface area contributed by atoms with Gasteiger partial charge in [0.05, 0.1) is 18.8 Å². The van der Waals surface area contributed by atoms with Gasteiger partial charge < -0.3 is 20.1 Å². The number of piperidine rings is 1. The molecule has 2 aliphatic heterocycles. The van der Waals surface area contributed by atoms with Crippen molar-refractivity contribution >= 4 is 6.03 Å². The van der Waals surface area contributed by atoms with Crippen molar-refractivity contribution in [2.45, 2.75) is 44.8 Å². The van der Waals surface area contributed by atoms with Gasteiger partial charge in [0, 0.05) is 24.6 Å². The Labute approximate surface area is 141 Å². The van der Waals surface area contributed by atoms with Gasteiger partial charge in [0.1, 0.15) is 0 Å². The predicted octanol–water partition coefficient (Wildman–Crippen LogP) is 2.84. The molecular formula is C18H25FN2O3. The van der Waals surface area contributed by atoms with Gasteiger partial charge in [-0.2, -0.15) is 0 Å². The molecule has 0 aliphatic carbocycles. The van der Waals surface area contributed by atoms with Crippen molar-refractivity contribution in [3.8, 4) is 5.75 Å². The normalized spacial score (nSPS) is 25.2. The summed E-state index contributed by atoms with van der Waals surface area (Å²) in [5.74, 6) is -0.0201. The quantitative estimate of drug-likeness (QED) is 0.873. The van der Waals surface area contributed by atoms with Crippen LogP contribution in [0.15, 0.2) is 18.2 Å². The summed E-state index contributed by atoms with van der Waals surface area (Å²) in [6, 6.07) is 4.43.